The molecule has 6 nitrogen and oxygen atoms in total. The Morgan fingerprint density at radius 3 is 2.57 bits per heavy atom. The number of anilines is 2. The normalized spacial score (nSPS) is 13.1. The second kappa shape index (κ2) is 7.44. The standard InChI is InChI=1S/C22H18N2O4/c1-14(27-16-7-3-2-4-8-16)21(25)23-15-11-12-19-17(13-15)22(26)24-18-9-5-6-10-20(18)28-19/h2-14H,1H3,(H,23,25)(H,24,26). The lowest BCUT2D eigenvalue weighted by Gasteiger charge is -2.15. The van der Waals surface area contributed by atoms with E-state index in [1.807, 2.05) is 30.3 Å². The third-order valence-corrected chi connectivity index (χ3v) is 4.27. The van der Waals surface area contributed by atoms with Crippen molar-refractivity contribution in [3.05, 3.63) is 78.4 Å². The fraction of sp³-hybridized carbons (Fsp3) is 0.0909. The lowest BCUT2D eigenvalue weighted by atomic mass is 10.1. The Kier molecular flexibility index (Phi) is 4.68. The lowest BCUT2D eigenvalue weighted by molar-refractivity contribution is -0.122. The van der Waals surface area contributed by atoms with Crippen molar-refractivity contribution in [1.82, 2.24) is 0 Å². The van der Waals surface area contributed by atoms with Crippen LogP contribution in [0.3, 0.4) is 0 Å². The van der Waals surface area contributed by atoms with Crippen molar-refractivity contribution in [3.8, 4) is 17.2 Å². The van der Waals surface area contributed by atoms with Gasteiger partial charge in [0.15, 0.2) is 11.9 Å². The molecule has 6 heteroatoms. The smallest absolute Gasteiger partial charge is 0.265 e. The Hall–Kier alpha value is -3.80. The molecule has 2 amide bonds. The van der Waals surface area contributed by atoms with Crippen LogP contribution in [-0.4, -0.2) is 17.9 Å². The van der Waals surface area contributed by atoms with Gasteiger partial charge in [-0.1, -0.05) is 30.3 Å². The molecule has 1 atom stereocenters. The molecule has 1 aliphatic rings. The first-order chi connectivity index (χ1) is 13.6. The molecule has 1 unspecified atom stereocenters. The van der Waals surface area contributed by atoms with E-state index < -0.39 is 6.10 Å². The number of carbonyl (C=O) groups is 2. The molecule has 0 saturated carbocycles. The minimum absolute atomic E-state index is 0.301. The highest BCUT2D eigenvalue weighted by Gasteiger charge is 2.22. The second-order valence-corrected chi connectivity index (χ2v) is 6.33. The molecule has 1 aliphatic heterocycles. The van der Waals surface area contributed by atoms with Gasteiger partial charge in [-0.25, -0.2) is 0 Å². The van der Waals surface area contributed by atoms with Crippen LogP contribution in [0, 0.1) is 0 Å². The molecule has 1 heterocycles. The number of para-hydroxylation sites is 3. The number of hydrogen-bond donors (Lipinski definition) is 2. The summed E-state index contributed by atoms with van der Waals surface area (Å²) in [5.74, 6) is 0.981. The molecule has 0 saturated heterocycles. The summed E-state index contributed by atoms with van der Waals surface area (Å²) in [6, 6.07) is 21.2. The SMILES string of the molecule is CC(Oc1ccccc1)C(=O)Nc1ccc2c(c1)C(=O)Nc1ccccc1O2. The predicted octanol–water partition coefficient (Wildman–Crippen LogP) is 4.45. The van der Waals surface area contributed by atoms with Crippen LogP contribution in [0.4, 0.5) is 11.4 Å². The number of fused-ring (bicyclic) bond motifs is 2. The number of amides is 2. The molecule has 0 aromatic heterocycles. The first-order valence-corrected chi connectivity index (χ1v) is 8.85. The van der Waals surface area contributed by atoms with Crippen molar-refractivity contribution in [2.24, 2.45) is 0 Å². The van der Waals surface area contributed by atoms with E-state index in [0.717, 1.165) is 0 Å². The zero-order valence-electron chi connectivity index (χ0n) is 15.1. The summed E-state index contributed by atoms with van der Waals surface area (Å²) in [4.78, 5) is 25.0. The zero-order valence-corrected chi connectivity index (χ0v) is 15.1. The van der Waals surface area contributed by atoms with Gasteiger partial charge in [-0.05, 0) is 49.4 Å². The lowest BCUT2D eigenvalue weighted by Crippen LogP contribution is -2.30. The molecule has 0 radical (unpaired) electrons. The molecule has 2 N–H and O–H groups in total. The number of ether oxygens (including phenoxy) is 2. The summed E-state index contributed by atoms with van der Waals surface area (Å²) in [5.41, 5.74) is 1.42. The Morgan fingerprint density at radius 1 is 1.00 bits per heavy atom. The van der Waals surface area contributed by atoms with Crippen LogP contribution in [0.15, 0.2) is 72.8 Å². The van der Waals surface area contributed by atoms with Gasteiger partial charge in [0.1, 0.15) is 11.5 Å². The van der Waals surface area contributed by atoms with Crippen LogP contribution in [0.2, 0.25) is 0 Å². The largest absolute Gasteiger partial charge is 0.481 e. The molecule has 0 fully saturated rings. The molecule has 28 heavy (non-hydrogen) atoms. The molecular formula is C22H18N2O4. The number of carbonyl (C=O) groups excluding carboxylic acids is 2. The first-order valence-electron chi connectivity index (χ1n) is 8.85. The van der Waals surface area contributed by atoms with Crippen molar-refractivity contribution in [2.45, 2.75) is 13.0 Å². The fourth-order valence-electron chi connectivity index (χ4n) is 2.84. The summed E-state index contributed by atoms with van der Waals surface area (Å²) in [5, 5.41) is 5.59. The highest BCUT2D eigenvalue weighted by molar-refractivity contribution is 6.09. The summed E-state index contributed by atoms with van der Waals surface area (Å²) in [7, 11) is 0. The molecule has 0 spiro atoms. The molecule has 3 aromatic carbocycles. The van der Waals surface area contributed by atoms with E-state index in [4.69, 9.17) is 9.47 Å². The van der Waals surface area contributed by atoms with Crippen LogP contribution in [0.5, 0.6) is 17.2 Å². The Bertz CT molecular complexity index is 1030. The van der Waals surface area contributed by atoms with Gasteiger partial charge in [0.2, 0.25) is 0 Å². The predicted molar refractivity (Wildman–Crippen MR) is 106 cm³/mol. The quantitative estimate of drug-likeness (QED) is 0.707. The van der Waals surface area contributed by atoms with Crippen molar-refractivity contribution < 1.29 is 19.1 Å². The maximum absolute atomic E-state index is 12.6. The summed E-state index contributed by atoms with van der Waals surface area (Å²) in [6.45, 7) is 1.66. The average Bonchev–Trinajstić information content (AvgIpc) is 2.84. The number of benzene rings is 3. The second-order valence-electron chi connectivity index (χ2n) is 6.33. The highest BCUT2D eigenvalue weighted by atomic mass is 16.5. The van der Waals surface area contributed by atoms with Gasteiger partial charge in [-0.2, -0.15) is 0 Å². The van der Waals surface area contributed by atoms with Crippen molar-refractivity contribution in [1.29, 1.82) is 0 Å². The van der Waals surface area contributed by atoms with Crippen LogP contribution in [0.25, 0.3) is 0 Å². The van der Waals surface area contributed by atoms with Gasteiger partial charge in [-0.3, -0.25) is 9.59 Å². The van der Waals surface area contributed by atoms with E-state index in [-0.39, 0.29) is 11.8 Å². The zero-order chi connectivity index (χ0) is 19.5. The molecular weight excluding hydrogens is 356 g/mol. The maximum atomic E-state index is 12.6. The van der Waals surface area contributed by atoms with Crippen LogP contribution in [0.1, 0.15) is 17.3 Å². The van der Waals surface area contributed by atoms with Crippen molar-refractivity contribution in [3.63, 3.8) is 0 Å². The third-order valence-electron chi connectivity index (χ3n) is 4.27. The van der Waals surface area contributed by atoms with Crippen LogP contribution in [-0.2, 0) is 4.79 Å². The van der Waals surface area contributed by atoms with E-state index in [1.54, 1.807) is 49.4 Å². The van der Waals surface area contributed by atoms with Crippen molar-refractivity contribution in [2.75, 3.05) is 10.6 Å². The molecule has 140 valence electrons. The van der Waals surface area contributed by atoms with Crippen LogP contribution < -0.4 is 20.1 Å². The number of rotatable bonds is 4. The van der Waals surface area contributed by atoms with Gasteiger partial charge in [0, 0.05) is 5.69 Å². The molecule has 4 rings (SSSR count). The summed E-state index contributed by atoms with van der Waals surface area (Å²) >= 11 is 0. The minimum atomic E-state index is -0.699. The summed E-state index contributed by atoms with van der Waals surface area (Å²) < 4.78 is 11.5. The maximum Gasteiger partial charge on any atom is 0.265 e. The van der Waals surface area contributed by atoms with E-state index >= 15 is 0 Å². The average molecular weight is 374 g/mol. The number of nitrogens with one attached hydrogen (secondary N) is 2. The topological polar surface area (TPSA) is 76.7 Å². The fourth-order valence-corrected chi connectivity index (χ4v) is 2.84. The Morgan fingerprint density at radius 2 is 1.75 bits per heavy atom. The minimum Gasteiger partial charge on any atom is -0.481 e. The van der Waals surface area contributed by atoms with Crippen molar-refractivity contribution >= 4 is 23.2 Å². The Balaban J connectivity index is 1.51. The van der Waals surface area contributed by atoms with Crippen LogP contribution >= 0.6 is 0 Å². The first kappa shape index (κ1) is 17.6. The van der Waals surface area contributed by atoms with E-state index in [2.05, 4.69) is 10.6 Å². The molecule has 0 bridgehead atoms. The van der Waals surface area contributed by atoms with Gasteiger partial charge < -0.3 is 20.1 Å². The highest BCUT2D eigenvalue weighted by Crippen LogP contribution is 2.36. The monoisotopic (exact) mass is 374 g/mol. The molecule has 3 aromatic rings. The van der Waals surface area contributed by atoms with Gasteiger partial charge in [0.05, 0.1) is 11.3 Å². The van der Waals surface area contributed by atoms with Gasteiger partial charge >= 0.3 is 0 Å². The van der Waals surface area contributed by atoms with Gasteiger partial charge in [-0.15, -0.1) is 0 Å². The van der Waals surface area contributed by atoms with E-state index in [1.165, 1.54) is 0 Å². The molecule has 0 aliphatic carbocycles. The third kappa shape index (κ3) is 3.66. The van der Waals surface area contributed by atoms with Gasteiger partial charge in [0.25, 0.3) is 11.8 Å². The Labute approximate surface area is 162 Å². The summed E-state index contributed by atoms with van der Waals surface area (Å²) in [6.07, 6.45) is -0.699. The van der Waals surface area contributed by atoms with E-state index in [0.29, 0.717) is 34.2 Å². The van der Waals surface area contributed by atoms with E-state index in [9.17, 15) is 9.59 Å². The number of hydrogen-bond acceptors (Lipinski definition) is 4.